The molecule has 8 nitrogen and oxygen atoms in total. The zero-order chi connectivity index (χ0) is 28.0. The molecule has 0 spiro atoms. The number of halogens is 1. The third-order valence-corrected chi connectivity index (χ3v) is 6.51. The standard InChI is InChI=1S/C29H29ClN2O6S/c1-2-3-18-37-29(36)20-4-8-22(9-5-20)32-27(34)19-38-28(35)17-16-26(33)31-23-10-14-25(15-11-23)39-24-12-6-21(30)7-13-24/h4-15H,2-3,16-19H2,1H3,(H,31,33)(H,32,34). The Labute approximate surface area is 236 Å². The Morgan fingerprint density at radius 2 is 1.31 bits per heavy atom. The largest absolute Gasteiger partial charge is 0.462 e. The first-order valence-electron chi connectivity index (χ1n) is 12.4. The van der Waals surface area contributed by atoms with Crippen LogP contribution in [-0.4, -0.2) is 37.0 Å². The van der Waals surface area contributed by atoms with E-state index < -0.39 is 24.5 Å². The molecule has 0 saturated carbocycles. The monoisotopic (exact) mass is 568 g/mol. The number of anilines is 2. The molecule has 10 heteroatoms. The highest BCUT2D eigenvalue weighted by atomic mass is 35.5. The molecule has 0 radical (unpaired) electrons. The molecule has 0 atom stereocenters. The van der Waals surface area contributed by atoms with Crippen LogP contribution in [-0.2, 0) is 23.9 Å². The SMILES string of the molecule is CCCCOC(=O)c1ccc(NC(=O)COC(=O)CCC(=O)Nc2ccc(Sc3ccc(Cl)cc3)cc2)cc1. The fourth-order valence-electron chi connectivity index (χ4n) is 3.18. The van der Waals surface area contributed by atoms with E-state index >= 15 is 0 Å². The molecule has 2 N–H and O–H groups in total. The van der Waals surface area contributed by atoms with Crippen LogP contribution in [0.1, 0.15) is 43.0 Å². The van der Waals surface area contributed by atoms with Gasteiger partial charge in [-0.05, 0) is 79.2 Å². The minimum Gasteiger partial charge on any atom is -0.462 e. The molecule has 39 heavy (non-hydrogen) atoms. The summed E-state index contributed by atoms with van der Waals surface area (Å²) in [6.07, 6.45) is 1.47. The summed E-state index contributed by atoms with van der Waals surface area (Å²) < 4.78 is 10.1. The van der Waals surface area contributed by atoms with Crippen molar-refractivity contribution in [2.75, 3.05) is 23.8 Å². The first-order valence-corrected chi connectivity index (χ1v) is 13.6. The summed E-state index contributed by atoms with van der Waals surface area (Å²) >= 11 is 7.48. The van der Waals surface area contributed by atoms with Gasteiger partial charge in [0.1, 0.15) is 0 Å². The molecule has 0 aliphatic heterocycles. The first-order chi connectivity index (χ1) is 18.8. The molecule has 3 aromatic carbocycles. The van der Waals surface area contributed by atoms with E-state index in [1.54, 1.807) is 48.2 Å². The number of esters is 2. The number of hydrogen-bond acceptors (Lipinski definition) is 7. The van der Waals surface area contributed by atoms with Gasteiger partial charge < -0.3 is 20.1 Å². The summed E-state index contributed by atoms with van der Waals surface area (Å²) in [6.45, 7) is 1.87. The Balaban J connectivity index is 1.33. The predicted molar refractivity (Wildman–Crippen MR) is 151 cm³/mol. The Hall–Kier alpha value is -3.82. The van der Waals surface area contributed by atoms with Crippen molar-refractivity contribution in [2.45, 2.75) is 42.4 Å². The Morgan fingerprint density at radius 1 is 0.744 bits per heavy atom. The molecule has 0 saturated heterocycles. The second-order valence-electron chi connectivity index (χ2n) is 8.40. The van der Waals surface area contributed by atoms with Crippen molar-refractivity contribution < 1.29 is 28.7 Å². The lowest BCUT2D eigenvalue weighted by Gasteiger charge is -2.08. The van der Waals surface area contributed by atoms with Crippen molar-refractivity contribution in [1.29, 1.82) is 0 Å². The Bertz CT molecular complexity index is 1260. The number of nitrogens with one attached hydrogen (secondary N) is 2. The maximum absolute atomic E-state index is 12.2. The highest BCUT2D eigenvalue weighted by Crippen LogP contribution is 2.29. The zero-order valence-electron chi connectivity index (χ0n) is 21.4. The molecular formula is C29H29ClN2O6S. The minimum atomic E-state index is -0.666. The van der Waals surface area contributed by atoms with Gasteiger partial charge >= 0.3 is 11.9 Å². The first kappa shape index (κ1) is 29.7. The molecule has 0 unspecified atom stereocenters. The van der Waals surface area contributed by atoms with Gasteiger partial charge in [0.15, 0.2) is 6.61 Å². The van der Waals surface area contributed by atoms with Gasteiger partial charge in [0.2, 0.25) is 5.91 Å². The van der Waals surface area contributed by atoms with E-state index in [9.17, 15) is 19.2 Å². The van der Waals surface area contributed by atoms with Gasteiger partial charge in [0.05, 0.1) is 18.6 Å². The van der Waals surface area contributed by atoms with E-state index in [1.807, 2.05) is 43.3 Å². The molecule has 0 fully saturated rings. The predicted octanol–water partition coefficient (Wildman–Crippen LogP) is 6.35. The van der Waals surface area contributed by atoms with Crippen molar-refractivity contribution in [3.63, 3.8) is 0 Å². The summed E-state index contributed by atoms with van der Waals surface area (Å²) in [7, 11) is 0. The lowest BCUT2D eigenvalue weighted by molar-refractivity contribution is -0.147. The third kappa shape index (κ3) is 10.8. The molecule has 0 aliphatic carbocycles. The number of ether oxygens (including phenoxy) is 2. The summed E-state index contributed by atoms with van der Waals surface area (Å²) in [4.78, 5) is 50.2. The lowest BCUT2D eigenvalue weighted by atomic mass is 10.2. The van der Waals surface area contributed by atoms with E-state index in [0.29, 0.717) is 28.6 Å². The zero-order valence-corrected chi connectivity index (χ0v) is 23.0. The quantitative estimate of drug-likeness (QED) is 0.182. The molecule has 3 aromatic rings. The Morgan fingerprint density at radius 3 is 1.92 bits per heavy atom. The average Bonchev–Trinajstić information content (AvgIpc) is 2.93. The van der Waals surface area contributed by atoms with Gasteiger partial charge in [0, 0.05) is 32.6 Å². The molecule has 0 bridgehead atoms. The average molecular weight is 569 g/mol. The second kappa shape index (κ2) is 15.6. The number of carbonyl (C=O) groups excluding carboxylic acids is 4. The van der Waals surface area contributed by atoms with Crippen LogP contribution in [0.2, 0.25) is 5.02 Å². The van der Waals surface area contributed by atoms with Gasteiger partial charge in [-0.2, -0.15) is 0 Å². The van der Waals surface area contributed by atoms with E-state index in [2.05, 4.69) is 10.6 Å². The van der Waals surface area contributed by atoms with Crippen LogP contribution < -0.4 is 10.6 Å². The van der Waals surface area contributed by atoms with Crippen LogP contribution in [0.15, 0.2) is 82.6 Å². The van der Waals surface area contributed by atoms with Crippen LogP contribution in [0.3, 0.4) is 0 Å². The number of unbranched alkanes of at least 4 members (excludes halogenated alkanes) is 1. The molecule has 204 valence electrons. The van der Waals surface area contributed by atoms with Gasteiger partial charge in [-0.25, -0.2) is 4.79 Å². The molecule has 0 aliphatic rings. The van der Waals surface area contributed by atoms with E-state index in [0.717, 1.165) is 22.6 Å². The molecule has 0 aromatic heterocycles. The highest BCUT2D eigenvalue weighted by Gasteiger charge is 2.12. The van der Waals surface area contributed by atoms with Gasteiger partial charge in [-0.3, -0.25) is 14.4 Å². The normalized spacial score (nSPS) is 10.4. The number of rotatable bonds is 13. The van der Waals surface area contributed by atoms with E-state index in [1.165, 1.54) is 0 Å². The van der Waals surface area contributed by atoms with Gasteiger partial charge in [-0.15, -0.1) is 0 Å². The third-order valence-electron chi connectivity index (χ3n) is 5.24. The summed E-state index contributed by atoms with van der Waals surface area (Å²) in [6, 6.07) is 21.0. The number of hydrogen-bond donors (Lipinski definition) is 2. The molecule has 0 heterocycles. The van der Waals surface area contributed by atoms with Crippen LogP contribution in [0.4, 0.5) is 11.4 Å². The molecule has 3 rings (SSSR count). The van der Waals surface area contributed by atoms with Crippen molar-refractivity contribution in [3.05, 3.63) is 83.4 Å². The maximum Gasteiger partial charge on any atom is 0.338 e. The Kier molecular flexibility index (Phi) is 11.9. The number of amides is 2. The van der Waals surface area contributed by atoms with E-state index in [-0.39, 0.29) is 18.7 Å². The van der Waals surface area contributed by atoms with Crippen LogP contribution in [0.5, 0.6) is 0 Å². The van der Waals surface area contributed by atoms with Crippen LogP contribution in [0, 0.1) is 0 Å². The maximum atomic E-state index is 12.2. The smallest absolute Gasteiger partial charge is 0.338 e. The summed E-state index contributed by atoms with van der Waals surface area (Å²) in [5.74, 6) is -1.98. The van der Waals surface area contributed by atoms with Gasteiger partial charge in [0.25, 0.3) is 5.91 Å². The fraction of sp³-hybridized carbons (Fsp3) is 0.241. The van der Waals surface area contributed by atoms with E-state index in [4.69, 9.17) is 21.1 Å². The number of benzene rings is 3. The highest BCUT2D eigenvalue weighted by molar-refractivity contribution is 7.99. The summed E-state index contributed by atoms with van der Waals surface area (Å²) in [5, 5.41) is 5.99. The lowest BCUT2D eigenvalue weighted by Crippen LogP contribution is -2.21. The van der Waals surface area contributed by atoms with Crippen molar-refractivity contribution in [1.82, 2.24) is 0 Å². The molecule has 2 amide bonds. The molecular weight excluding hydrogens is 540 g/mol. The topological polar surface area (TPSA) is 111 Å². The van der Waals surface area contributed by atoms with Crippen molar-refractivity contribution in [2.24, 2.45) is 0 Å². The van der Waals surface area contributed by atoms with Crippen LogP contribution in [0.25, 0.3) is 0 Å². The fourth-order valence-corrected chi connectivity index (χ4v) is 4.12. The summed E-state index contributed by atoms with van der Waals surface area (Å²) in [5.41, 5.74) is 1.42. The minimum absolute atomic E-state index is 0.0858. The second-order valence-corrected chi connectivity index (χ2v) is 9.99. The van der Waals surface area contributed by atoms with Crippen molar-refractivity contribution >= 4 is 58.5 Å². The number of carbonyl (C=O) groups is 4. The van der Waals surface area contributed by atoms with Crippen LogP contribution >= 0.6 is 23.4 Å². The van der Waals surface area contributed by atoms with Crippen molar-refractivity contribution in [3.8, 4) is 0 Å². The van der Waals surface area contributed by atoms with Gasteiger partial charge in [-0.1, -0.05) is 36.7 Å².